The van der Waals surface area contributed by atoms with Crippen LogP contribution in [0.15, 0.2) is 30.5 Å². The smallest absolute Gasteiger partial charge is 0.421 e. The van der Waals surface area contributed by atoms with Crippen LogP contribution in [0.5, 0.6) is 11.8 Å². The van der Waals surface area contributed by atoms with Crippen LogP contribution in [0.4, 0.5) is 24.7 Å². The number of rotatable bonds is 8. The fourth-order valence-electron chi connectivity index (χ4n) is 2.32. The lowest BCUT2D eigenvalue weighted by Gasteiger charge is -2.24. The Morgan fingerprint density at radius 3 is 2.50 bits per heavy atom. The molecule has 0 radical (unpaired) electrons. The predicted molar refractivity (Wildman–Crippen MR) is 93.1 cm³/mol. The molecule has 0 saturated carbocycles. The SMILES string of the molecule is CCCCOc1ncc(C(F)(F)F)c(N(C)c2ccccc2OCC)n1. The van der Waals surface area contributed by atoms with E-state index in [1.807, 2.05) is 13.8 Å². The van der Waals surface area contributed by atoms with Crippen molar-refractivity contribution in [3.8, 4) is 11.8 Å². The minimum Gasteiger partial charge on any atom is -0.492 e. The van der Waals surface area contributed by atoms with Gasteiger partial charge in [-0.1, -0.05) is 25.5 Å². The maximum atomic E-state index is 13.4. The molecular weight excluding hydrogens is 347 g/mol. The van der Waals surface area contributed by atoms with Gasteiger partial charge >= 0.3 is 12.2 Å². The molecular formula is C18H22F3N3O2. The number of hydrogen-bond acceptors (Lipinski definition) is 5. The van der Waals surface area contributed by atoms with Gasteiger partial charge in [0.1, 0.15) is 11.3 Å². The Kier molecular flexibility index (Phi) is 6.65. The van der Waals surface area contributed by atoms with Crippen LogP contribution in [0.2, 0.25) is 0 Å². The second-order valence-electron chi connectivity index (χ2n) is 5.55. The summed E-state index contributed by atoms with van der Waals surface area (Å²) in [5.74, 6) is 0.184. The maximum Gasteiger partial charge on any atom is 0.421 e. The molecule has 0 aliphatic carbocycles. The summed E-state index contributed by atoms with van der Waals surface area (Å²) in [4.78, 5) is 9.04. The fourth-order valence-corrected chi connectivity index (χ4v) is 2.32. The lowest BCUT2D eigenvalue weighted by Crippen LogP contribution is -2.20. The first-order chi connectivity index (χ1) is 12.4. The molecule has 26 heavy (non-hydrogen) atoms. The molecule has 8 heteroatoms. The van der Waals surface area contributed by atoms with Gasteiger partial charge in [0.25, 0.3) is 0 Å². The third-order valence-corrected chi connectivity index (χ3v) is 3.63. The van der Waals surface area contributed by atoms with Crippen molar-refractivity contribution in [1.29, 1.82) is 0 Å². The number of halogens is 3. The van der Waals surface area contributed by atoms with Gasteiger partial charge < -0.3 is 14.4 Å². The normalized spacial score (nSPS) is 11.3. The van der Waals surface area contributed by atoms with Crippen LogP contribution in [-0.2, 0) is 6.18 Å². The van der Waals surface area contributed by atoms with E-state index in [1.54, 1.807) is 24.3 Å². The Morgan fingerprint density at radius 2 is 1.85 bits per heavy atom. The van der Waals surface area contributed by atoms with Gasteiger partial charge in [-0.15, -0.1) is 0 Å². The molecule has 0 aliphatic heterocycles. The number of alkyl halides is 3. The molecule has 1 aromatic carbocycles. The first kappa shape index (κ1) is 19.8. The molecule has 0 saturated heterocycles. The first-order valence-corrected chi connectivity index (χ1v) is 8.41. The molecule has 2 rings (SSSR count). The van der Waals surface area contributed by atoms with Gasteiger partial charge in [-0.05, 0) is 25.5 Å². The first-order valence-electron chi connectivity index (χ1n) is 8.41. The number of benzene rings is 1. The highest BCUT2D eigenvalue weighted by atomic mass is 19.4. The average Bonchev–Trinajstić information content (AvgIpc) is 2.61. The summed E-state index contributed by atoms with van der Waals surface area (Å²) in [5, 5.41) is 0. The monoisotopic (exact) mass is 369 g/mol. The minimum atomic E-state index is -4.59. The zero-order valence-corrected chi connectivity index (χ0v) is 15.0. The van der Waals surface area contributed by atoms with Crippen LogP contribution in [0.3, 0.4) is 0 Å². The molecule has 2 aromatic rings. The van der Waals surface area contributed by atoms with Crippen molar-refractivity contribution in [3.63, 3.8) is 0 Å². The third kappa shape index (κ3) is 4.77. The zero-order valence-electron chi connectivity index (χ0n) is 15.0. The van der Waals surface area contributed by atoms with Gasteiger partial charge in [-0.2, -0.15) is 18.2 Å². The van der Waals surface area contributed by atoms with Crippen molar-refractivity contribution in [2.45, 2.75) is 32.9 Å². The van der Waals surface area contributed by atoms with Crippen molar-refractivity contribution in [2.75, 3.05) is 25.2 Å². The van der Waals surface area contributed by atoms with Crippen molar-refractivity contribution in [1.82, 2.24) is 9.97 Å². The third-order valence-electron chi connectivity index (χ3n) is 3.63. The van der Waals surface area contributed by atoms with E-state index in [0.717, 1.165) is 19.0 Å². The highest BCUT2D eigenvalue weighted by Crippen LogP contribution is 2.40. The minimum absolute atomic E-state index is 0.0813. The highest BCUT2D eigenvalue weighted by Gasteiger charge is 2.37. The van der Waals surface area contributed by atoms with Gasteiger partial charge in [-0.25, -0.2) is 4.98 Å². The predicted octanol–water partition coefficient (Wildman–Crippen LogP) is 4.84. The quantitative estimate of drug-likeness (QED) is 0.623. The molecule has 5 nitrogen and oxygen atoms in total. The van der Waals surface area contributed by atoms with Crippen LogP contribution in [0, 0.1) is 0 Å². The molecule has 142 valence electrons. The van der Waals surface area contributed by atoms with E-state index < -0.39 is 11.7 Å². The number of anilines is 2. The van der Waals surface area contributed by atoms with Crippen LogP contribution >= 0.6 is 0 Å². The van der Waals surface area contributed by atoms with E-state index in [1.165, 1.54) is 11.9 Å². The molecule has 0 fully saturated rings. The molecule has 0 aliphatic rings. The Labute approximate surface area is 150 Å². The second-order valence-corrected chi connectivity index (χ2v) is 5.55. The summed E-state index contributed by atoms with van der Waals surface area (Å²) in [6.07, 6.45) is -2.17. The van der Waals surface area contributed by atoms with E-state index in [4.69, 9.17) is 9.47 Å². The van der Waals surface area contributed by atoms with E-state index in [9.17, 15) is 13.2 Å². The molecule has 0 atom stereocenters. The maximum absolute atomic E-state index is 13.4. The molecule has 0 spiro atoms. The summed E-state index contributed by atoms with van der Waals surface area (Å²) in [5.41, 5.74) is -0.466. The average molecular weight is 369 g/mol. The molecule has 0 amide bonds. The van der Waals surface area contributed by atoms with Crippen molar-refractivity contribution in [2.24, 2.45) is 0 Å². The summed E-state index contributed by atoms with van der Waals surface area (Å²) < 4.78 is 51.2. The summed E-state index contributed by atoms with van der Waals surface area (Å²) in [6, 6.07) is 6.77. The summed E-state index contributed by atoms with van der Waals surface area (Å²) in [7, 11) is 1.51. The molecule has 1 heterocycles. The van der Waals surface area contributed by atoms with Gasteiger partial charge in [-0.3, -0.25) is 0 Å². The fraction of sp³-hybridized carbons (Fsp3) is 0.444. The van der Waals surface area contributed by atoms with E-state index in [-0.39, 0.29) is 11.8 Å². The van der Waals surface area contributed by atoms with Crippen LogP contribution in [0.1, 0.15) is 32.3 Å². The topological polar surface area (TPSA) is 47.5 Å². The summed E-state index contributed by atoms with van der Waals surface area (Å²) in [6.45, 7) is 4.54. The number of unbranched alkanes of at least 4 members (excludes halogenated alkanes) is 1. The van der Waals surface area contributed by atoms with Crippen molar-refractivity contribution in [3.05, 3.63) is 36.0 Å². The van der Waals surface area contributed by atoms with E-state index >= 15 is 0 Å². The van der Waals surface area contributed by atoms with Gasteiger partial charge in [0.2, 0.25) is 0 Å². The van der Waals surface area contributed by atoms with Gasteiger partial charge in [0, 0.05) is 13.2 Å². The zero-order chi connectivity index (χ0) is 19.2. The molecule has 1 aromatic heterocycles. The summed E-state index contributed by atoms with van der Waals surface area (Å²) >= 11 is 0. The van der Waals surface area contributed by atoms with Gasteiger partial charge in [0.15, 0.2) is 5.82 Å². The van der Waals surface area contributed by atoms with Crippen LogP contribution in [-0.4, -0.2) is 30.2 Å². The second kappa shape index (κ2) is 8.73. The lowest BCUT2D eigenvalue weighted by molar-refractivity contribution is -0.137. The van der Waals surface area contributed by atoms with Crippen molar-refractivity contribution < 1.29 is 22.6 Å². The largest absolute Gasteiger partial charge is 0.492 e. The number of ether oxygens (including phenoxy) is 2. The molecule has 0 bridgehead atoms. The molecule has 0 unspecified atom stereocenters. The number of hydrogen-bond donors (Lipinski definition) is 0. The lowest BCUT2D eigenvalue weighted by atomic mass is 10.2. The van der Waals surface area contributed by atoms with E-state index in [2.05, 4.69) is 9.97 Å². The number of para-hydroxylation sites is 2. The van der Waals surface area contributed by atoms with E-state index in [0.29, 0.717) is 24.7 Å². The Bertz CT molecular complexity index is 723. The Morgan fingerprint density at radius 1 is 1.12 bits per heavy atom. The highest BCUT2D eigenvalue weighted by molar-refractivity contribution is 5.68. The Balaban J connectivity index is 2.45. The number of nitrogens with zero attached hydrogens (tertiary/aromatic N) is 3. The van der Waals surface area contributed by atoms with Crippen molar-refractivity contribution >= 4 is 11.5 Å². The van der Waals surface area contributed by atoms with Crippen LogP contribution < -0.4 is 14.4 Å². The standard InChI is InChI=1S/C18H22F3N3O2/c1-4-6-11-26-17-22-12-13(18(19,20)21)16(23-17)24(3)14-9-7-8-10-15(14)25-5-2/h7-10,12H,4-6,11H2,1-3H3. The van der Waals surface area contributed by atoms with Crippen LogP contribution in [0.25, 0.3) is 0 Å². The molecule has 0 N–H and O–H groups in total. The van der Waals surface area contributed by atoms with Gasteiger partial charge in [0.05, 0.1) is 18.9 Å². The Hall–Kier alpha value is -2.51. The number of aromatic nitrogens is 2.